The van der Waals surface area contributed by atoms with E-state index in [9.17, 15) is 0 Å². The molecule has 0 N–H and O–H groups in total. The highest BCUT2D eigenvalue weighted by Gasteiger charge is 2.27. The van der Waals surface area contributed by atoms with E-state index in [4.69, 9.17) is 0 Å². The Labute approximate surface area is 136 Å². The van der Waals surface area contributed by atoms with Crippen molar-refractivity contribution in [1.29, 1.82) is 0 Å². The van der Waals surface area contributed by atoms with Gasteiger partial charge in [-0.1, -0.05) is 47.7 Å². The lowest BCUT2D eigenvalue weighted by Gasteiger charge is -2.07. The number of benzene rings is 2. The molecule has 0 atom stereocenters. The Morgan fingerprint density at radius 1 is 0.727 bits per heavy atom. The normalized spacial score (nSPS) is 11.0. The molecule has 0 unspecified atom stereocenters. The number of hydrogen-bond donors (Lipinski definition) is 0. The van der Waals surface area contributed by atoms with E-state index in [2.05, 4.69) is 81.7 Å². The molecule has 22 heavy (non-hydrogen) atoms. The van der Waals surface area contributed by atoms with Crippen molar-refractivity contribution in [2.45, 2.75) is 34.6 Å². The molecule has 1 heterocycles. The molecule has 0 amide bonds. The van der Waals surface area contributed by atoms with Crippen LogP contribution in [0.4, 0.5) is 0 Å². The Bertz CT molecular complexity index is 823. The Kier molecular flexibility index (Phi) is 3.88. The van der Waals surface area contributed by atoms with E-state index in [0.717, 1.165) is 0 Å². The molecule has 3 rings (SSSR count). The second-order valence-electron chi connectivity index (χ2n) is 5.94. The summed E-state index contributed by atoms with van der Waals surface area (Å²) in [7, 11) is 0. The molecule has 112 valence electrons. The van der Waals surface area contributed by atoms with Gasteiger partial charge in [-0.2, -0.15) is 0 Å². The fourth-order valence-corrected chi connectivity index (χ4v) is 4.27. The minimum Gasteiger partial charge on any atom is -0.147 e. The number of aromatic nitrogens is 1. The highest BCUT2D eigenvalue weighted by Crippen LogP contribution is 2.32. The third-order valence-corrected chi connectivity index (χ3v) is 5.53. The maximum Gasteiger partial charge on any atom is 0.275 e. The number of thiazole rings is 1. The van der Waals surface area contributed by atoms with Crippen molar-refractivity contribution < 1.29 is 4.57 Å². The number of para-hydroxylation sites is 1. The molecule has 0 aliphatic heterocycles. The first-order valence-corrected chi connectivity index (χ1v) is 8.47. The molecule has 1 nitrogen and oxygen atoms in total. The van der Waals surface area contributed by atoms with Crippen molar-refractivity contribution in [1.82, 2.24) is 0 Å². The van der Waals surface area contributed by atoms with Crippen molar-refractivity contribution in [3.05, 3.63) is 69.7 Å². The van der Waals surface area contributed by atoms with Gasteiger partial charge >= 0.3 is 0 Å². The van der Waals surface area contributed by atoms with E-state index in [1.807, 2.05) is 11.3 Å². The van der Waals surface area contributed by atoms with E-state index in [1.54, 1.807) is 0 Å². The second-order valence-corrected chi connectivity index (χ2v) is 7.14. The van der Waals surface area contributed by atoms with Gasteiger partial charge in [-0.25, -0.2) is 0 Å². The monoisotopic (exact) mass is 308 g/mol. The van der Waals surface area contributed by atoms with Crippen LogP contribution in [0, 0.1) is 34.6 Å². The molecule has 2 heteroatoms. The SMILES string of the molecule is Cc1ccccc1-[n+]1c(-c2c(C)cccc2C)sc(C)c1C. The Balaban J connectivity index is 2.36. The Morgan fingerprint density at radius 3 is 1.95 bits per heavy atom. The predicted molar refractivity (Wildman–Crippen MR) is 95.0 cm³/mol. The van der Waals surface area contributed by atoms with Crippen LogP contribution in [0.15, 0.2) is 42.5 Å². The molecule has 0 saturated carbocycles. The van der Waals surface area contributed by atoms with E-state index in [0.29, 0.717) is 0 Å². The molecular weight excluding hydrogens is 286 g/mol. The number of rotatable bonds is 2. The van der Waals surface area contributed by atoms with Gasteiger partial charge in [0.15, 0.2) is 5.69 Å². The number of nitrogens with zero attached hydrogens (tertiary/aromatic N) is 1. The molecule has 2 aromatic carbocycles. The van der Waals surface area contributed by atoms with Gasteiger partial charge in [-0.15, -0.1) is 4.57 Å². The van der Waals surface area contributed by atoms with Gasteiger partial charge in [0.05, 0.1) is 10.4 Å². The van der Waals surface area contributed by atoms with Crippen molar-refractivity contribution in [2.75, 3.05) is 0 Å². The predicted octanol–water partition coefficient (Wildman–Crippen LogP) is 5.23. The average Bonchev–Trinajstić information content (AvgIpc) is 2.75. The lowest BCUT2D eigenvalue weighted by Crippen LogP contribution is -2.35. The average molecular weight is 308 g/mol. The van der Waals surface area contributed by atoms with Gasteiger partial charge in [0.2, 0.25) is 5.69 Å². The first-order chi connectivity index (χ1) is 10.5. The largest absolute Gasteiger partial charge is 0.275 e. The van der Waals surface area contributed by atoms with Crippen LogP contribution in [0.1, 0.15) is 27.3 Å². The highest BCUT2D eigenvalue weighted by molar-refractivity contribution is 7.14. The van der Waals surface area contributed by atoms with Crippen molar-refractivity contribution >= 4 is 11.3 Å². The van der Waals surface area contributed by atoms with Crippen LogP contribution in [0.3, 0.4) is 0 Å². The van der Waals surface area contributed by atoms with Crippen LogP contribution in [0.25, 0.3) is 16.3 Å². The molecule has 0 bridgehead atoms. The summed E-state index contributed by atoms with van der Waals surface area (Å²) in [5.74, 6) is 0. The third-order valence-electron chi connectivity index (χ3n) is 4.35. The summed E-state index contributed by atoms with van der Waals surface area (Å²) in [6, 6.07) is 15.2. The molecule has 0 radical (unpaired) electrons. The van der Waals surface area contributed by atoms with Crippen LogP contribution in [0.2, 0.25) is 0 Å². The van der Waals surface area contributed by atoms with Gasteiger partial charge in [0.1, 0.15) is 0 Å². The maximum atomic E-state index is 2.42. The van der Waals surface area contributed by atoms with Gasteiger partial charge in [-0.05, 0) is 38.8 Å². The van der Waals surface area contributed by atoms with Crippen LogP contribution in [-0.2, 0) is 0 Å². The van der Waals surface area contributed by atoms with Gasteiger partial charge < -0.3 is 0 Å². The molecule has 0 aliphatic rings. The van der Waals surface area contributed by atoms with E-state index >= 15 is 0 Å². The van der Waals surface area contributed by atoms with Crippen molar-refractivity contribution in [2.24, 2.45) is 0 Å². The van der Waals surface area contributed by atoms with Gasteiger partial charge in [0.25, 0.3) is 5.01 Å². The molecule has 0 saturated heterocycles. The summed E-state index contributed by atoms with van der Waals surface area (Å²) in [4.78, 5) is 1.38. The van der Waals surface area contributed by atoms with Gasteiger partial charge in [0, 0.05) is 18.6 Å². The lowest BCUT2D eigenvalue weighted by molar-refractivity contribution is -0.586. The molecule has 0 spiro atoms. The zero-order valence-electron chi connectivity index (χ0n) is 13.9. The fourth-order valence-electron chi connectivity index (χ4n) is 2.99. The summed E-state index contributed by atoms with van der Waals surface area (Å²) in [6.45, 7) is 11.0. The summed E-state index contributed by atoms with van der Waals surface area (Å²) >= 11 is 1.89. The van der Waals surface area contributed by atoms with Gasteiger partial charge in [-0.3, -0.25) is 0 Å². The highest BCUT2D eigenvalue weighted by atomic mass is 32.1. The quantitative estimate of drug-likeness (QED) is 0.570. The summed E-state index contributed by atoms with van der Waals surface area (Å²) in [5.41, 5.74) is 7.96. The zero-order valence-corrected chi connectivity index (χ0v) is 14.7. The van der Waals surface area contributed by atoms with Crippen LogP contribution >= 0.6 is 11.3 Å². The first-order valence-electron chi connectivity index (χ1n) is 7.65. The fraction of sp³-hybridized carbons (Fsp3) is 0.250. The second kappa shape index (κ2) is 5.69. The zero-order chi connectivity index (χ0) is 15.9. The summed E-state index contributed by atoms with van der Waals surface area (Å²) < 4.78 is 2.42. The van der Waals surface area contributed by atoms with E-state index < -0.39 is 0 Å². The van der Waals surface area contributed by atoms with Crippen LogP contribution < -0.4 is 4.57 Å². The molecular formula is C20H22NS+. The topological polar surface area (TPSA) is 3.88 Å². The van der Waals surface area contributed by atoms with E-state index in [1.165, 1.54) is 43.5 Å². The van der Waals surface area contributed by atoms with Crippen LogP contribution in [-0.4, -0.2) is 0 Å². The standard InChI is InChI=1S/C20H22NS/c1-13-9-6-7-12-18(13)21-16(4)17(5)22-20(21)19-14(2)10-8-11-15(19)3/h6-12H,1-5H3/q+1. The molecule has 0 fully saturated rings. The minimum absolute atomic E-state index is 1.28. The molecule has 1 aromatic heterocycles. The molecule has 0 aliphatic carbocycles. The van der Waals surface area contributed by atoms with Crippen LogP contribution in [0.5, 0.6) is 0 Å². The lowest BCUT2D eigenvalue weighted by atomic mass is 10.0. The minimum atomic E-state index is 1.28. The van der Waals surface area contributed by atoms with E-state index in [-0.39, 0.29) is 0 Å². The first kappa shape index (κ1) is 15.0. The van der Waals surface area contributed by atoms with Crippen molar-refractivity contribution in [3.63, 3.8) is 0 Å². The summed E-state index contributed by atoms with van der Waals surface area (Å²) in [5, 5.41) is 1.33. The number of hydrogen-bond acceptors (Lipinski definition) is 1. The third kappa shape index (κ3) is 2.38. The van der Waals surface area contributed by atoms with Crippen molar-refractivity contribution in [3.8, 4) is 16.3 Å². The Hall–Kier alpha value is -1.93. The summed E-state index contributed by atoms with van der Waals surface area (Å²) in [6.07, 6.45) is 0. The maximum absolute atomic E-state index is 2.42. The molecule has 3 aromatic rings. The Morgan fingerprint density at radius 2 is 1.32 bits per heavy atom. The number of aryl methyl sites for hydroxylation is 4. The smallest absolute Gasteiger partial charge is 0.147 e.